The quantitative estimate of drug-likeness (QED) is 0.235. The first-order chi connectivity index (χ1) is 20.4. The zero-order chi connectivity index (χ0) is 32.6. The highest BCUT2D eigenvalue weighted by molar-refractivity contribution is 5.19. The number of rotatable bonds is 7. The topological polar surface area (TPSA) is 120 Å². The van der Waals surface area contributed by atoms with Crippen LogP contribution in [-0.4, -0.2) is 74.6 Å². The third kappa shape index (κ3) is 5.18. The van der Waals surface area contributed by atoms with Crippen molar-refractivity contribution in [3.05, 3.63) is 11.6 Å². The summed E-state index contributed by atoms with van der Waals surface area (Å²) in [7, 11) is 0. The number of fused-ring (bicyclic) bond motifs is 5. The average molecular weight is 621 g/mol. The van der Waals surface area contributed by atoms with Gasteiger partial charge < -0.3 is 35.0 Å². The van der Waals surface area contributed by atoms with Crippen LogP contribution in [0.2, 0.25) is 0 Å². The van der Waals surface area contributed by atoms with E-state index in [1.807, 2.05) is 0 Å². The lowest BCUT2D eigenvalue weighted by molar-refractivity contribution is -0.335. The van der Waals surface area contributed by atoms with Crippen LogP contribution < -0.4 is 0 Å². The SMILES string of the molecule is CC(C)=CCC[C@](C)(O[C@@H]1OC(CO)[C@@H](O)[C@@H](O)C1O)[C@H]1CC[C@]2(C)C1C(C)CC1[C@@]3(C)CC[C@H](O)C(C)(C)C3CC[C@]12C. The van der Waals surface area contributed by atoms with E-state index in [1.54, 1.807) is 0 Å². The lowest BCUT2D eigenvalue weighted by atomic mass is 9.34. The molecule has 0 aromatic rings. The van der Waals surface area contributed by atoms with Crippen LogP contribution in [0.4, 0.5) is 0 Å². The van der Waals surface area contributed by atoms with Gasteiger partial charge >= 0.3 is 0 Å². The lowest BCUT2D eigenvalue weighted by Crippen LogP contribution is -2.66. The van der Waals surface area contributed by atoms with Crippen LogP contribution in [0, 0.1) is 51.2 Å². The predicted octanol–water partition coefficient (Wildman–Crippen LogP) is 5.60. The fraction of sp³-hybridized carbons (Fsp3) is 0.946. The first-order valence-electron chi connectivity index (χ1n) is 17.7. The van der Waals surface area contributed by atoms with Crippen molar-refractivity contribution in [3.8, 4) is 0 Å². The molecule has 0 radical (unpaired) electrons. The van der Waals surface area contributed by atoms with E-state index in [4.69, 9.17) is 9.47 Å². The maximum Gasteiger partial charge on any atom is 0.187 e. The highest BCUT2D eigenvalue weighted by atomic mass is 16.7. The second kappa shape index (κ2) is 11.9. The molecule has 254 valence electrons. The summed E-state index contributed by atoms with van der Waals surface area (Å²) in [5.41, 5.74) is 1.03. The molecule has 5 N–H and O–H groups in total. The third-order valence-electron chi connectivity index (χ3n) is 14.9. The van der Waals surface area contributed by atoms with Crippen molar-refractivity contribution < 1.29 is 35.0 Å². The average Bonchev–Trinajstić information content (AvgIpc) is 3.33. The summed E-state index contributed by atoms with van der Waals surface area (Å²) in [6, 6.07) is 0. The molecule has 0 spiro atoms. The summed E-state index contributed by atoms with van der Waals surface area (Å²) in [6.07, 6.45) is 4.87. The van der Waals surface area contributed by atoms with Crippen molar-refractivity contribution in [1.29, 1.82) is 0 Å². The Labute approximate surface area is 266 Å². The molecule has 6 unspecified atom stereocenters. The van der Waals surface area contributed by atoms with Crippen molar-refractivity contribution in [1.82, 2.24) is 0 Å². The van der Waals surface area contributed by atoms with Crippen LogP contribution in [-0.2, 0) is 9.47 Å². The number of ether oxygens (including phenoxy) is 2. The number of allylic oxidation sites excluding steroid dienone is 2. The summed E-state index contributed by atoms with van der Waals surface area (Å²) < 4.78 is 12.8. The van der Waals surface area contributed by atoms with Gasteiger partial charge in [0.15, 0.2) is 6.29 Å². The molecule has 0 aromatic carbocycles. The number of hydrogen-bond acceptors (Lipinski definition) is 7. The molecule has 4 saturated carbocycles. The Morgan fingerprint density at radius 2 is 1.55 bits per heavy atom. The molecule has 4 aliphatic carbocycles. The minimum absolute atomic E-state index is 0.0731. The van der Waals surface area contributed by atoms with Gasteiger partial charge in [0.2, 0.25) is 0 Å². The van der Waals surface area contributed by atoms with E-state index < -0.39 is 42.9 Å². The van der Waals surface area contributed by atoms with Gasteiger partial charge in [-0.1, -0.05) is 53.2 Å². The van der Waals surface area contributed by atoms with Crippen LogP contribution in [0.3, 0.4) is 0 Å². The van der Waals surface area contributed by atoms with Gasteiger partial charge in [-0.15, -0.1) is 0 Å². The molecule has 7 heteroatoms. The molecule has 5 rings (SSSR count). The number of aliphatic hydroxyl groups excluding tert-OH is 5. The molecule has 0 amide bonds. The molecule has 0 aromatic heterocycles. The van der Waals surface area contributed by atoms with Gasteiger partial charge in [-0.05, 0) is 130 Å². The number of aliphatic hydroxyl groups is 5. The second-order valence-electron chi connectivity index (χ2n) is 17.7. The zero-order valence-electron chi connectivity index (χ0n) is 29.1. The summed E-state index contributed by atoms with van der Waals surface area (Å²) in [5.74, 6) is 2.25. The lowest BCUT2D eigenvalue weighted by Gasteiger charge is -2.71. The van der Waals surface area contributed by atoms with Crippen LogP contribution in [0.15, 0.2) is 11.6 Å². The van der Waals surface area contributed by atoms with Crippen LogP contribution >= 0.6 is 0 Å². The predicted molar refractivity (Wildman–Crippen MR) is 171 cm³/mol. The van der Waals surface area contributed by atoms with E-state index >= 15 is 0 Å². The second-order valence-corrected chi connectivity index (χ2v) is 17.7. The van der Waals surface area contributed by atoms with E-state index in [9.17, 15) is 25.5 Å². The summed E-state index contributed by atoms with van der Waals surface area (Å²) >= 11 is 0. The first-order valence-corrected chi connectivity index (χ1v) is 17.7. The number of hydrogen-bond donors (Lipinski definition) is 5. The van der Waals surface area contributed by atoms with Gasteiger partial charge in [0.05, 0.1) is 18.3 Å². The Morgan fingerprint density at radius 1 is 0.886 bits per heavy atom. The molecule has 44 heavy (non-hydrogen) atoms. The molecule has 1 saturated heterocycles. The molecule has 7 nitrogen and oxygen atoms in total. The standard InChI is InChI=1S/C37H64O7/c1-21(2)11-10-15-37(9,44-32-31(42)30(41)29(40)24(20-38)43-32)23-12-17-36(8)28(23)22(3)19-26-34(6)16-14-27(39)33(4,5)25(34)13-18-35(26,36)7/h11,22-32,38-42H,10,12-20H2,1-9H3/t22?,23-,24?,25?,26?,27-,28?,29+,30+,31?,32-,34-,35+,36+,37-/m0/s1. The van der Waals surface area contributed by atoms with E-state index in [2.05, 4.69) is 68.4 Å². The van der Waals surface area contributed by atoms with Crippen molar-refractivity contribution in [3.63, 3.8) is 0 Å². The highest BCUT2D eigenvalue weighted by Crippen LogP contribution is 2.77. The van der Waals surface area contributed by atoms with Gasteiger partial charge in [0.25, 0.3) is 0 Å². The Balaban J connectivity index is 1.49. The van der Waals surface area contributed by atoms with Gasteiger partial charge in [-0.3, -0.25) is 0 Å². The summed E-state index contributed by atoms with van der Waals surface area (Å²) in [4.78, 5) is 0. The van der Waals surface area contributed by atoms with Crippen molar-refractivity contribution in [2.45, 2.75) is 163 Å². The van der Waals surface area contributed by atoms with Gasteiger partial charge in [0.1, 0.15) is 24.4 Å². The van der Waals surface area contributed by atoms with Crippen LogP contribution in [0.5, 0.6) is 0 Å². The van der Waals surface area contributed by atoms with E-state index in [-0.39, 0.29) is 33.7 Å². The monoisotopic (exact) mass is 620 g/mol. The van der Waals surface area contributed by atoms with Crippen LogP contribution in [0.1, 0.15) is 120 Å². The van der Waals surface area contributed by atoms with Gasteiger partial charge in [-0.2, -0.15) is 0 Å². The van der Waals surface area contributed by atoms with Crippen molar-refractivity contribution in [2.24, 2.45) is 51.2 Å². The largest absolute Gasteiger partial charge is 0.394 e. The molecular weight excluding hydrogens is 556 g/mol. The van der Waals surface area contributed by atoms with E-state index in [1.165, 1.54) is 18.4 Å². The normalized spacial score (nSPS) is 51.5. The molecule has 1 heterocycles. The molecule has 15 atom stereocenters. The summed E-state index contributed by atoms with van der Waals surface area (Å²) in [5, 5.41) is 52.9. The molecular formula is C37H64O7. The smallest absolute Gasteiger partial charge is 0.187 e. The third-order valence-corrected chi connectivity index (χ3v) is 14.9. The van der Waals surface area contributed by atoms with E-state index in [0.717, 1.165) is 44.9 Å². The van der Waals surface area contributed by atoms with E-state index in [0.29, 0.717) is 23.7 Å². The Kier molecular flexibility index (Phi) is 9.37. The summed E-state index contributed by atoms with van der Waals surface area (Å²) in [6.45, 7) is 20.7. The Hall–Kier alpha value is -0.540. The Bertz CT molecular complexity index is 1070. The minimum atomic E-state index is -1.45. The van der Waals surface area contributed by atoms with Crippen molar-refractivity contribution >= 4 is 0 Å². The van der Waals surface area contributed by atoms with Crippen LogP contribution in [0.25, 0.3) is 0 Å². The molecule has 5 aliphatic rings. The maximum atomic E-state index is 11.1. The Morgan fingerprint density at radius 3 is 2.18 bits per heavy atom. The fourth-order valence-corrected chi connectivity index (χ4v) is 12.3. The van der Waals surface area contributed by atoms with Gasteiger partial charge in [0, 0.05) is 0 Å². The molecule has 1 aliphatic heterocycles. The minimum Gasteiger partial charge on any atom is -0.394 e. The fourth-order valence-electron chi connectivity index (χ4n) is 12.3. The zero-order valence-corrected chi connectivity index (χ0v) is 29.1. The van der Waals surface area contributed by atoms with Gasteiger partial charge in [-0.25, -0.2) is 0 Å². The van der Waals surface area contributed by atoms with Crippen molar-refractivity contribution in [2.75, 3.05) is 6.61 Å². The molecule has 5 fully saturated rings. The highest BCUT2D eigenvalue weighted by Gasteiger charge is 2.71. The maximum absolute atomic E-state index is 11.1. The molecule has 0 bridgehead atoms. The first kappa shape index (κ1) is 34.8.